The smallest absolute Gasteiger partial charge is 0.313 e. The van der Waals surface area contributed by atoms with E-state index in [1.165, 1.54) is 0 Å². The molecule has 6 nitrogen and oxygen atoms in total. The summed E-state index contributed by atoms with van der Waals surface area (Å²) in [6, 6.07) is 7.34. The predicted molar refractivity (Wildman–Crippen MR) is 89.1 cm³/mol. The van der Waals surface area contributed by atoms with Crippen LogP contribution in [0.15, 0.2) is 24.3 Å². The Morgan fingerprint density at radius 3 is 2.61 bits per heavy atom. The molecule has 0 bridgehead atoms. The molecule has 0 aliphatic carbocycles. The number of nitrogens with one attached hydrogen (secondary N) is 2. The molecule has 1 aromatic rings. The Balaban J connectivity index is 1.64. The summed E-state index contributed by atoms with van der Waals surface area (Å²) in [6.07, 6.45) is 2.24. The van der Waals surface area contributed by atoms with Crippen molar-refractivity contribution in [1.82, 2.24) is 10.2 Å². The number of para-hydroxylation sites is 1. The van der Waals surface area contributed by atoms with Crippen LogP contribution in [-0.4, -0.2) is 54.1 Å². The summed E-state index contributed by atoms with van der Waals surface area (Å²) in [6.45, 7) is 5.00. The topological polar surface area (TPSA) is 81.7 Å². The number of anilines is 1. The normalized spacial score (nSPS) is 16.1. The maximum Gasteiger partial charge on any atom is 0.313 e. The van der Waals surface area contributed by atoms with Crippen LogP contribution in [0.1, 0.15) is 24.8 Å². The fourth-order valence-electron chi connectivity index (χ4n) is 2.62. The van der Waals surface area contributed by atoms with Gasteiger partial charge in [-0.2, -0.15) is 0 Å². The average Bonchev–Trinajstić information content (AvgIpc) is 2.55. The Kier molecular flexibility index (Phi) is 6.55. The Labute approximate surface area is 136 Å². The highest BCUT2D eigenvalue weighted by atomic mass is 16.3. The van der Waals surface area contributed by atoms with Crippen LogP contribution in [-0.2, 0) is 9.59 Å². The number of carbonyl (C=O) groups excluding carboxylic acids is 2. The van der Waals surface area contributed by atoms with Crippen molar-refractivity contribution in [2.24, 2.45) is 0 Å². The van der Waals surface area contributed by atoms with Crippen LogP contribution >= 0.6 is 0 Å². The lowest BCUT2D eigenvalue weighted by atomic mass is 10.1. The van der Waals surface area contributed by atoms with Crippen LogP contribution in [0, 0.1) is 6.92 Å². The van der Waals surface area contributed by atoms with Gasteiger partial charge in [0.2, 0.25) is 0 Å². The van der Waals surface area contributed by atoms with Gasteiger partial charge in [-0.3, -0.25) is 9.59 Å². The highest BCUT2D eigenvalue weighted by molar-refractivity contribution is 6.39. The monoisotopic (exact) mass is 319 g/mol. The Morgan fingerprint density at radius 1 is 1.22 bits per heavy atom. The Bertz CT molecular complexity index is 540. The van der Waals surface area contributed by atoms with Crippen LogP contribution < -0.4 is 10.6 Å². The summed E-state index contributed by atoms with van der Waals surface area (Å²) in [5, 5.41) is 14.7. The highest BCUT2D eigenvalue weighted by Crippen LogP contribution is 2.12. The third kappa shape index (κ3) is 5.65. The van der Waals surface area contributed by atoms with Crippen LogP contribution in [0.3, 0.4) is 0 Å². The fraction of sp³-hybridized carbons (Fsp3) is 0.529. The number of piperidine rings is 1. The second-order valence-electron chi connectivity index (χ2n) is 5.95. The van der Waals surface area contributed by atoms with E-state index in [1.54, 1.807) is 6.07 Å². The van der Waals surface area contributed by atoms with Crippen LogP contribution in [0.5, 0.6) is 0 Å². The minimum Gasteiger partial charge on any atom is -0.393 e. The minimum absolute atomic E-state index is 0.170. The number of aryl methyl sites for hydroxylation is 1. The lowest BCUT2D eigenvalue weighted by Gasteiger charge is -2.29. The minimum atomic E-state index is -0.639. The molecule has 0 radical (unpaired) electrons. The number of carbonyl (C=O) groups is 2. The predicted octanol–water partition coefficient (Wildman–Crippen LogP) is 0.897. The van der Waals surface area contributed by atoms with Crippen molar-refractivity contribution in [3.63, 3.8) is 0 Å². The van der Waals surface area contributed by atoms with Gasteiger partial charge in [0.15, 0.2) is 0 Å². The van der Waals surface area contributed by atoms with Crippen molar-refractivity contribution >= 4 is 17.5 Å². The second kappa shape index (κ2) is 8.64. The highest BCUT2D eigenvalue weighted by Gasteiger charge is 2.17. The average molecular weight is 319 g/mol. The molecule has 2 rings (SSSR count). The lowest BCUT2D eigenvalue weighted by molar-refractivity contribution is -0.136. The van der Waals surface area contributed by atoms with E-state index in [-0.39, 0.29) is 6.10 Å². The number of aliphatic hydroxyl groups is 1. The molecule has 0 unspecified atom stereocenters. The number of rotatable bonds is 5. The van der Waals surface area contributed by atoms with Gasteiger partial charge in [0.05, 0.1) is 6.10 Å². The molecule has 0 saturated carbocycles. The zero-order chi connectivity index (χ0) is 16.7. The van der Waals surface area contributed by atoms with E-state index in [0.717, 1.165) is 44.5 Å². The summed E-state index contributed by atoms with van der Waals surface area (Å²) in [7, 11) is 0. The third-order valence-corrected chi connectivity index (χ3v) is 4.09. The van der Waals surface area contributed by atoms with Gasteiger partial charge in [-0.15, -0.1) is 0 Å². The quantitative estimate of drug-likeness (QED) is 0.556. The van der Waals surface area contributed by atoms with Crippen molar-refractivity contribution < 1.29 is 14.7 Å². The standard InChI is InChI=1S/C17H25N3O3/c1-13-5-2-3-6-15(13)19-17(23)16(22)18-9-4-10-20-11-7-14(21)8-12-20/h2-3,5-6,14,21H,4,7-12H2,1H3,(H,18,22)(H,19,23). The molecule has 6 heteroatoms. The molecule has 1 fully saturated rings. The largest absolute Gasteiger partial charge is 0.393 e. The van der Waals surface area contributed by atoms with E-state index < -0.39 is 11.8 Å². The first-order valence-electron chi connectivity index (χ1n) is 8.11. The van der Waals surface area contributed by atoms with Crippen molar-refractivity contribution in [1.29, 1.82) is 0 Å². The molecule has 0 spiro atoms. The van der Waals surface area contributed by atoms with E-state index in [1.807, 2.05) is 25.1 Å². The van der Waals surface area contributed by atoms with Gasteiger partial charge >= 0.3 is 11.8 Å². The maximum absolute atomic E-state index is 11.8. The number of nitrogens with zero attached hydrogens (tertiary/aromatic N) is 1. The SMILES string of the molecule is Cc1ccccc1NC(=O)C(=O)NCCCN1CCC(O)CC1. The van der Waals surface area contributed by atoms with Gasteiger partial charge in [-0.25, -0.2) is 0 Å². The van der Waals surface area contributed by atoms with Crippen LogP contribution in [0.2, 0.25) is 0 Å². The van der Waals surface area contributed by atoms with Gasteiger partial charge < -0.3 is 20.6 Å². The summed E-state index contributed by atoms with van der Waals surface area (Å²) >= 11 is 0. The number of amides is 2. The van der Waals surface area contributed by atoms with Gasteiger partial charge in [0.1, 0.15) is 0 Å². The van der Waals surface area contributed by atoms with E-state index in [4.69, 9.17) is 0 Å². The van der Waals surface area contributed by atoms with Crippen molar-refractivity contribution in [2.75, 3.05) is 31.5 Å². The molecular formula is C17H25N3O3. The maximum atomic E-state index is 11.8. The molecule has 3 N–H and O–H groups in total. The lowest BCUT2D eigenvalue weighted by Crippen LogP contribution is -2.39. The summed E-state index contributed by atoms with van der Waals surface area (Å²) in [5.41, 5.74) is 1.57. The number of benzene rings is 1. The molecule has 23 heavy (non-hydrogen) atoms. The van der Waals surface area contributed by atoms with E-state index in [2.05, 4.69) is 15.5 Å². The third-order valence-electron chi connectivity index (χ3n) is 4.09. The number of hydrogen-bond acceptors (Lipinski definition) is 4. The van der Waals surface area contributed by atoms with E-state index in [9.17, 15) is 14.7 Å². The summed E-state index contributed by atoms with van der Waals surface area (Å²) in [5.74, 6) is -1.25. The molecule has 2 amide bonds. The first-order valence-corrected chi connectivity index (χ1v) is 8.11. The first-order chi connectivity index (χ1) is 11.1. The second-order valence-corrected chi connectivity index (χ2v) is 5.95. The molecule has 1 aromatic carbocycles. The molecule has 1 saturated heterocycles. The van der Waals surface area contributed by atoms with E-state index in [0.29, 0.717) is 12.2 Å². The van der Waals surface area contributed by atoms with Gasteiger partial charge in [-0.05, 0) is 44.4 Å². The Morgan fingerprint density at radius 2 is 1.91 bits per heavy atom. The number of aliphatic hydroxyl groups excluding tert-OH is 1. The van der Waals surface area contributed by atoms with Gasteiger partial charge in [-0.1, -0.05) is 18.2 Å². The fourth-order valence-corrected chi connectivity index (χ4v) is 2.62. The van der Waals surface area contributed by atoms with Crippen molar-refractivity contribution in [2.45, 2.75) is 32.3 Å². The molecule has 1 aliphatic rings. The molecule has 1 heterocycles. The molecule has 1 aliphatic heterocycles. The zero-order valence-electron chi connectivity index (χ0n) is 13.5. The van der Waals surface area contributed by atoms with Crippen molar-refractivity contribution in [3.8, 4) is 0 Å². The zero-order valence-corrected chi connectivity index (χ0v) is 13.5. The number of hydrogen-bond donors (Lipinski definition) is 3. The number of likely N-dealkylation sites (tertiary alicyclic amines) is 1. The van der Waals surface area contributed by atoms with Crippen LogP contribution in [0.4, 0.5) is 5.69 Å². The molecule has 0 aromatic heterocycles. The van der Waals surface area contributed by atoms with E-state index >= 15 is 0 Å². The summed E-state index contributed by atoms with van der Waals surface area (Å²) < 4.78 is 0. The molecular weight excluding hydrogens is 294 g/mol. The first kappa shape index (κ1) is 17.4. The van der Waals surface area contributed by atoms with Gasteiger partial charge in [0.25, 0.3) is 0 Å². The molecule has 0 atom stereocenters. The van der Waals surface area contributed by atoms with Gasteiger partial charge in [0, 0.05) is 25.3 Å². The van der Waals surface area contributed by atoms with Crippen LogP contribution in [0.25, 0.3) is 0 Å². The summed E-state index contributed by atoms with van der Waals surface area (Å²) in [4.78, 5) is 25.9. The molecule has 126 valence electrons. The Hall–Kier alpha value is -1.92. The van der Waals surface area contributed by atoms with Crippen molar-refractivity contribution in [3.05, 3.63) is 29.8 Å².